The van der Waals surface area contributed by atoms with Crippen LogP contribution in [0.5, 0.6) is 0 Å². The van der Waals surface area contributed by atoms with Crippen molar-refractivity contribution in [1.29, 1.82) is 5.26 Å². The summed E-state index contributed by atoms with van der Waals surface area (Å²) in [6.07, 6.45) is 1.72. The number of nitrogens with zero attached hydrogens (tertiary/aromatic N) is 2. The van der Waals surface area contributed by atoms with Crippen LogP contribution in [0.2, 0.25) is 0 Å². The smallest absolute Gasteiger partial charge is 0.414 e. The fraction of sp³-hybridized carbons (Fsp3) is 0.421. The summed E-state index contributed by atoms with van der Waals surface area (Å²) < 4.78 is 19.8. The summed E-state index contributed by atoms with van der Waals surface area (Å²) in [5.41, 5.74) is 1.89. The van der Waals surface area contributed by atoms with Gasteiger partial charge in [-0.2, -0.15) is 5.26 Å². The molecule has 0 radical (unpaired) electrons. The second-order valence-corrected chi connectivity index (χ2v) is 7.01. The lowest BCUT2D eigenvalue weighted by Gasteiger charge is -2.15. The van der Waals surface area contributed by atoms with Crippen LogP contribution in [-0.2, 0) is 9.53 Å². The van der Waals surface area contributed by atoms with E-state index in [1.54, 1.807) is 12.1 Å². The van der Waals surface area contributed by atoms with E-state index in [2.05, 4.69) is 11.4 Å². The van der Waals surface area contributed by atoms with Gasteiger partial charge in [0.15, 0.2) is 0 Å². The summed E-state index contributed by atoms with van der Waals surface area (Å²) >= 11 is 0. The van der Waals surface area contributed by atoms with Gasteiger partial charge in [0.2, 0.25) is 5.91 Å². The highest BCUT2D eigenvalue weighted by Crippen LogP contribution is 2.57. The molecule has 1 aliphatic heterocycles. The maximum atomic E-state index is 14.6. The van der Waals surface area contributed by atoms with E-state index in [4.69, 9.17) is 10.00 Å². The number of allylic oxidation sites excluding steroid dienone is 2. The highest BCUT2D eigenvalue weighted by atomic mass is 19.1. The van der Waals surface area contributed by atoms with Crippen molar-refractivity contribution >= 4 is 23.3 Å². The summed E-state index contributed by atoms with van der Waals surface area (Å²) in [6.45, 7) is 1.88. The summed E-state index contributed by atoms with van der Waals surface area (Å²) in [4.78, 5) is 24.4. The molecule has 2 fully saturated rings. The maximum absolute atomic E-state index is 14.6. The molecule has 26 heavy (non-hydrogen) atoms. The third-order valence-corrected chi connectivity index (χ3v) is 5.29. The van der Waals surface area contributed by atoms with Gasteiger partial charge in [-0.05, 0) is 42.0 Å². The Balaban J connectivity index is 1.47. The minimum atomic E-state index is -0.550. The van der Waals surface area contributed by atoms with Crippen LogP contribution in [0.25, 0.3) is 5.57 Å². The second kappa shape index (κ2) is 6.13. The number of fused-ring (bicyclic) bond motifs is 1. The molecule has 1 heterocycles. The predicted molar refractivity (Wildman–Crippen MR) is 91.4 cm³/mol. The molecule has 3 aliphatic rings. The van der Waals surface area contributed by atoms with E-state index < -0.39 is 12.2 Å². The van der Waals surface area contributed by atoms with E-state index in [0.717, 1.165) is 12.0 Å². The molecule has 6 nitrogen and oxygen atoms in total. The average Bonchev–Trinajstić information content (AvgIpc) is 2.93. The van der Waals surface area contributed by atoms with Crippen LogP contribution in [0, 0.1) is 34.9 Å². The van der Waals surface area contributed by atoms with Gasteiger partial charge in [-0.1, -0.05) is 6.08 Å². The Bertz CT molecular complexity index is 860. The van der Waals surface area contributed by atoms with Gasteiger partial charge in [0.05, 0.1) is 30.8 Å². The predicted octanol–water partition coefficient (Wildman–Crippen LogP) is 2.46. The lowest BCUT2D eigenvalue weighted by Crippen LogP contribution is -2.33. The molecule has 4 rings (SSSR count). The summed E-state index contributed by atoms with van der Waals surface area (Å²) in [5, 5.41) is 11.6. The van der Waals surface area contributed by atoms with Gasteiger partial charge >= 0.3 is 6.09 Å². The van der Waals surface area contributed by atoms with Gasteiger partial charge in [-0.3, -0.25) is 9.69 Å². The first-order valence-corrected chi connectivity index (χ1v) is 8.60. The average molecular weight is 355 g/mol. The Labute approximate surface area is 150 Å². The first kappa shape index (κ1) is 16.6. The standard InChI is InChI=1S/C19H18FN3O3/c1-10(24)22-8-13-9-23(19(25)26-13)12-2-3-14(18(20)6-12)11-4-15-16(5-11)17(15)7-21/h2-4,6,13,15-17H,5,8-9H2,1H3,(H,22,24)/t13-,15+,16+,17+/m0/s1. The van der Waals surface area contributed by atoms with E-state index in [1.807, 2.05) is 6.08 Å². The van der Waals surface area contributed by atoms with Gasteiger partial charge in [0, 0.05) is 12.5 Å². The van der Waals surface area contributed by atoms with Crippen molar-refractivity contribution in [1.82, 2.24) is 5.32 Å². The first-order valence-electron chi connectivity index (χ1n) is 8.60. The molecule has 1 aromatic rings. The lowest BCUT2D eigenvalue weighted by molar-refractivity contribution is -0.119. The molecule has 134 valence electrons. The van der Waals surface area contributed by atoms with Gasteiger partial charge in [-0.15, -0.1) is 0 Å². The first-order chi connectivity index (χ1) is 12.5. The highest BCUT2D eigenvalue weighted by Gasteiger charge is 2.53. The zero-order valence-corrected chi connectivity index (χ0v) is 14.2. The van der Waals surface area contributed by atoms with Gasteiger partial charge in [0.1, 0.15) is 11.9 Å². The molecule has 1 aromatic carbocycles. The normalized spacial score (nSPS) is 28.9. The topological polar surface area (TPSA) is 82.4 Å². The number of halogens is 1. The molecular formula is C19H18FN3O3. The van der Waals surface area contributed by atoms with Crippen molar-refractivity contribution in [3.63, 3.8) is 0 Å². The van der Waals surface area contributed by atoms with Crippen molar-refractivity contribution in [3.8, 4) is 6.07 Å². The molecular weight excluding hydrogens is 337 g/mol. The fourth-order valence-corrected chi connectivity index (χ4v) is 3.86. The third-order valence-electron chi connectivity index (χ3n) is 5.29. The second-order valence-electron chi connectivity index (χ2n) is 7.01. The number of amides is 2. The Hall–Kier alpha value is -2.88. The van der Waals surface area contributed by atoms with E-state index in [9.17, 15) is 14.0 Å². The highest BCUT2D eigenvalue weighted by molar-refractivity contribution is 5.90. The SMILES string of the molecule is CC(=O)NC[C@H]1CN(c2ccc(C3=C[C@H]4[C@@H](C#N)[C@@H]4C3)c(F)c2)C(=O)O1. The van der Waals surface area contributed by atoms with Gasteiger partial charge in [-0.25, -0.2) is 9.18 Å². The van der Waals surface area contributed by atoms with Gasteiger partial charge < -0.3 is 10.1 Å². The number of benzene rings is 1. The number of cyclic esters (lactones) is 1. The van der Waals surface area contributed by atoms with Gasteiger partial charge in [0.25, 0.3) is 0 Å². The molecule has 0 unspecified atom stereocenters. The Kier molecular flexibility index (Phi) is 3.91. The Morgan fingerprint density at radius 2 is 2.31 bits per heavy atom. The van der Waals surface area contributed by atoms with E-state index >= 15 is 0 Å². The number of carbonyl (C=O) groups excluding carboxylic acids is 2. The molecule has 4 atom stereocenters. The van der Waals surface area contributed by atoms with Crippen LogP contribution in [-0.4, -0.2) is 31.2 Å². The number of nitrogens with one attached hydrogen (secondary N) is 1. The van der Waals surface area contributed by atoms with Crippen LogP contribution in [0.3, 0.4) is 0 Å². The summed E-state index contributed by atoms with van der Waals surface area (Å²) in [7, 11) is 0. The maximum Gasteiger partial charge on any atom is 0.414 e. The fourth-order valence-electron chi connectivity index (χ4n) is 3.86. The van der Waals surface area contributed by atoms with E-state index in [-0.39, 0.29) is 36.6 Å². The van der Waals surface area contributed by atoms with Crippen LogP contribution >= 0.6 is 0 Å². The lowest BCUT2D eigenvalue weighted by atomic mass is 10.00. The number of carbonyl (C=O) groups is 2. The minimum absolute atomic E-state index is 0.0843. The van der Waals surface area contributed by atoms with E-state index in [1.165, 1.54) is 17.9 Å². The van der Waals surface area contributed by atoms with Crippen LogP contribution in [0.15, 0.2) is 24.3 Å². The van der Waals surface area contributed by atoms with Crippen molar-refractivity contribution in [2.45, 2.75) is 19.4 Å². The Morgan fingerprint density at radius 3 is 2.92 bits per heavy atom. The quantitative estimate of drug-likeness (QED) is 0.899. The molecule has 2 aliphatic carbocycles. The number of rotatable bonds is 4. The zero-order valence-electron chi connectivity index (χ0n) is 14.2. The number of anilines is 1. The van der Waals surface area contributed by atoms with Crippen LogP contribution in [0.4, 0.5) is 14.9 Å². The Morgan fingerprint density at radius 1 is 1.50 bits per heavy atom. The summed E-state index contributed by atoms with van der Waals surface area (Å²) in [6, 6.07) is 6.99. The summed E-state index contributed by atoms with van der Waals surface area (Å²) in [5.74, 6) is 0.0911. The molecule has 1 saturated heterocycles. The van der Waals surface area contributed by atoms with Crippen LogP contribution < -0.4 is 10.2 Å². The molecule has 0 aromatic heterocycles. The molecule has 7 heteroatoms. The zero-order chi connectivity index (χ0) is 18.4. The van der Waals surface area contributed by atoms with E-state index in [0.29, 0.717) is 17.2 Å². The minimum Gasteiger partial charge on any atom is -0.442 e. The van der Waals surface area contributed by atoms with Crippen LogP contribution in [0.1, 0.15) is 18.9 Å². The molecule has 2 amide bonds. The molecule has 1 N–H and O–H groups in total. The number of hydrogen-bond donors (Lipinski definition) is 1. The number of ether oxygens (including phenoxy) is 1. The molecule has 0 spiro atoms. The van der Waals surface area contributed by atoms with Crippen molar-refractivity contribution in [3.05, 3.63) is 35.7 Å². The number of nitriles is 1. The van der Waals surface area contributed by atoms with Crippen molar-refractivity contribution in [2.24, 2.45) is 17.8 Å². The number of hydrogen-bond acceptors (Lipinski definition) is 4. The molecule has 0 bridgehead atoms. The third kappa shape index (κ3) is 2.81. The van der Waals surface area contributed by atoms with Crippen molar-refractivity contribution < 1.29 is 18.7 Å². The molecule has 1 saturated carbocycles. The largest absolute Gasteiger partial charge is 0.442 e. The van der Waals surface area contributed by atoms with Crippen molar-refractivity contribution in [2.75, 3.05) is 18.0 Å². The monoisotopic (exact) mass is 355 g/mol.